The number of amides is 3. The average molecular weight is 376 g/mol. The minimum absolute atomic E-state index is 0.0950. The smallest absolute Gasteiger partial charge is 0.319 e. The highest BCUT2D eigenvalue weighted by Gasteiger charge is 2.13. The molecular formula is C19H22ClN3O3. The largest absolute Gasteiger partial charge is 0.383 e. The van der Waals surface area contributed by atoms with Gasteiger partial charge in [0.2, 0.25) is 0 Å². The van der Waals surface area contributed by atoms with E-state index in [4.69, 9.17) is 16.3 Å². The third-order valence-corrected chi connectivity index (χ3v) is 3.95. The average Bonchev–Trinajstić information content (AvgIpc) is 2.62. The van der Waals surface area contributed by atoms with Gasteiger partial charge in [-0.25, -0.2) is 4.79 Å². The minimum Gasteiger partial charge on any atom is -0.383 e. The van der Waals surface area contributed by atoms with E-state index in [1.165, 1.54) is 4.90 Å². The molecule has 0 aromatic heterocycles. The van der Waals surface area contributed by atoms with Gasteiger partial charge < -0.3 is 20.3 Å². The van der Waals surface area contributed by atoms with Crippen molar-refractivity contribution in [1.82, 2.24) is 5.32 Å². The van der Waals surface area contributed by atoms with Gasteiger partial charge in [0.15, 0.2) is 0 Å². The van der Waals surface area contributed by atoms with E-state index < -0.39 is 0 Å². The lowest BCUT2D eigenvalue weighted by Crippen LogP contribution is -2.38. The normalized spacial score (nSPS) is 11.5. The van der Waals surface area contributed by atoms with Gasteiger partial charge in [-0.1, -0.05) is 11.6 Å². The van der Waals surface area contributed by atoms with Gasteiger partial charge in [-0.2, -0.15) is 0 Å². The van der Waals surface area contributed by atoms with Gasteiger partial charge in [0, 0.05) is 36.1 Å². The molecule has 0 radical (unpaired) electrons. The molecule has 0 bridgehead atoms. The molecule has 2 aromatic rings. The number of rotatable bonds is 6. The summed E-state index contributed by atoms with van der Waals surface area (Å²) in [5.41, 5.74) is 1.89. The van der Waals surface area contributed by atoms with Crippen molar-refractivity contribution in [1.29, 1.82) is 0 Å². The molecule has 0 saturated carbocycles. The Morgan fingerprint density at radius 3 is 2.31 bits per heavy atom. The summed E-state index contributed by atoms with van der Waals surface area (Å²) < 4.78 is 4.97. The number of nitrogens with zero attached hydrogens (tertiary/aromatic N) is 1. The van der Waals surface area contributed by atoms with E-state index in [0.29, 0.717) is 28.6 Å². The van der Waals surface area contributed by atoms with Crippen LogP contribution >= 0.6 is 11.6 Å². The maximum Gasteiger partial charge on any atom is 0.319 e. The Hall–Kier alpha value is -2.57. The molecule has 0 aliphatic carbocycles. The Morgan fingerprint density at radius 2 is 1.73 bits per heavy atom. The van der Waals surface area contributed by atoms with Crippen LogP contribution in [0.2, 0.25) is 5.02 Å². The summed E-state index contributed by atoms with van der Waals surface area (Å²) in [6.07, 6.45) is 0. The van der Waals surface area contributed by atoms with Crippen LogP contribution in [0.15, 0.2) is 48.5 Å². The molecule has 0 aliphatic rings. The van der Waals surface area contributed by atoms with Crippen LogP contribution in [0.1, 0.15) is 17.3 Å². The van der Waals surface area contributed by atoms with Crippen LogP contribution in [0.25, 0.3) is 0 Å². The van der Waals surface area contributed by atoms with Gasteiger partial charge in [0.25, 0.3) is 5.91 Å². The summed E-state index contributed by atoms with van der Waals surface area (Å²) in [6, 6.07) is 13.3. The Labute approximate surface area is 158 Å². The first kappa shape index (κ1) is 19.8. The topological polar surface area (TPSA) is 70.7 Å². The number of carbonyl (C=O) groups excluding carboxylic acids is 2. The first-order valence-electron chi connectivity index (χ1n) is 8.11. The van der Waals surface area contributed by atoms with Crippen molar-refractivity contribution in [3.63, 3.8) is 0 Å². The maximum absolute atomic E-state index is 12.5. The fourth-order valence-corrected chi connectivity index (χ4v) is 2.48. The zero-order valence-corrected chi connectivity index (χ0v) is 15.7. The molecule has 0 fully saturated rings. The molecule has 0 spiro atoms. The summed E-state index contributed by atoms with van der Waals surface area (Å²) in [6.45, 7) is 2.29. The van der Waals surface area contributed by atoms with E-state index >= 15 is 0 Å². The molecule has 0 heterocycles. The van der Waals surface area contributed by atoms with Crippen LogP contribution in [0, 0.1) is 0 Å². The zero-order valence-electron chi connectivity index (χ0n) is 15.0. The Kier molecular flexibility index (Phi) is 7.00. The Bertz CT molecular complexity index is 748. The number of halogens is 1. The predicted octanol–water partition coefficient (Wildman–Crippen LogP) is 3.77. The lowest BCUT2D eigenvalue weighted by Gasteiger charge is -2.18. The van der Waals surface area contributed by atoms with Crippen molar-refractivity contribution in [2.24, 2.45) is 0 Å². The summed E-state index contributed by atoms with van der Waals surface area (Å²) in [5.74, 6) is -0.145. The molecule has 26 heavy (non-hydrogen) atoms. The fourth-order valence-electron chi connectivity index (χ4n) is 2.35. The molecule has 2 aromatic carbocycles. The van der Waals surface area contributed by atoms with Crippen molar-refractivity contribution in [3.8, 4) is 0 Å². The number of methoxy groups -OCH3 is 1. The van der Waals surface area contributed by atoms with Crippen LogP contribution in [0.3, 0.4) is 0 Å². The highest BCUT2D eigenvalue weighted by molar-refractivity contribution is 6.30. The maximum atomic E-state index is 12.5. The second-order valence-electron chi connectivity index (χ2n) is 5.87. The first-order valence-corrected chi connectivity index (χ1v) is 8.48. The molecule has 2 N–H and O–H groups in total. The van der Waals surface area contributed by atoms with E-state index in [2.05, 4.69) is 10.6 Å². The number of nitrogens with one attached hydrogen (secondary N) is 2. The van der Waals surface area contributed by atoms with Crippen LogP contribution < -0.4 is 15.5 Å². The third-order valence-electron chi connectivity index (χ3n) is 3.70. The van der Waals surface area contributed by atoms with E-state index in [-0.39, 0.29) is 18.0 Å². The number of urea groups is 1. The second kappa shape index (κ2) is 9.22. The van der Waals surface area contributed by atoms with E-state index in [9.17, 15) is 9.59 Å². The minimum atomic E-state index is -0.312. The summed E-state index contributed by atoms with van der Waals surface area (Å²) in [4.78, 5) is 25.9. The van der Waals surface area contributed by atoms with Crippen molar-refractivity contribution in [3.05, 3.63) is 59.1 Å². The lowest BCUT2D eigenvalue weighted by atomic mass is 10.2. The number of carbonyl (C=O) groups is 2. The number of anilines is 2. The van der Waals surface area contributed by atoms with Crippen molar-refractivity contribution in [2.45, 2.75) is 13.0 Å². The summed E-state index contributed by atoms with van der Waals surface area (Å²) in [7, 11) is 3.27. The quantitative estimate of drug-likeness (QED) is 0.807. The van der Waals surface area contributed by atoms with Gasteiger partial charge in [0.05, 0.1) is 12.6 Å². The molecular weight excluding hydrogens is 354 g/mol. The highest BCUT2D eigenvalue weighted by atomic mass is 35.5. The Balaban J connectivity index is 1.98. The molecule has 2 rings (SSSR count). The number of benzene rings is 2. The van der Waals surface area contributed by atoms with E-state index in [1.807, 2.05) is 6.92 Å². The zero-order chi connectivity index (χ0) is 19.1. The second-order valence-corrected chi connectivity index (χ2v) is 6.31. The van der Waals surface area contributed by atoms with Crippen LogP contribution in [0.4, 0.5) is 16.2 Å². The molecule has 6 nitrogen and oxygen atoms in total. The molecule has 7 heteroatoms. The first-order chi connectivity index (χ1) is 12.4. The van der Waals surface area contributed by atoms with Crippen LogP contribution in [-0.4, -0.2) is 38.7 Å². The fraction of sp³-hybridized carbons (Fsp3) is 0.263. The van der Waals surface area contributed by atoms with Crippen molar-refractivity contribution in [2.75, 3.05) is 31.0 Å². The lowest BCUT2D eigenvalue weighted by molar-refractivity contribution is 0.0993. The molecule has 1 unspecified atom stereocenters. The highest BCUT2D eigenvalue weighted by Crippen LogP contribution is 2.19. The van der Waals surface area contributed by atoms with E-state index in [1.54, 1.807) is 62.7 Å². The molecule has 1 atom stereocenters. The standard InChI is InChI=1S/C19H22ClN3O3/c1-13(12-26-3)21-19(25)22-16-8-10-17(11-9-16)23(2)18(24)14-4-6-15(20)7-5-14/h4-11,13H,12H2,1-3H3,(H2,21,22,25). The molecule has 3 amide bonds. The summed E-state index contributed by atoms with van der Waals surface area (Å²) in [5, 5.41) is 6.08. The van der Waals surface area contributed by atoms with Crippen molar-refractivity contribution < 1.29 is 14.3 Å². The SMILES string of the molecule is COCC(C)NC(=O)Nc1ccc(N(C)C(=O)c2ccc(Cl)cc2)cc1. The van der Waals surface area contributed by atoms with Crippen LogP contribution in [0.5, 0.6) is 0 Å². The number of hydrogen-bond acceptors (Lipinski definition) is 3. The predicted molar refractivity (Wildman–Crippen MR) is 104 cm³/mol. The van der Waals surface area contributed by atoms with Crippen LogP contribution in [-0.2, 0) is 4.74 Å². The monoisotopic (exact) mass is 375 g/mol. The van der Waals surface area contributed by atoms with Gasteiger partial charge in [-0.3, -0.25) is 4.79 Å². The van der Waals surface area contributed by atoms with Gasteiger partial charge in [-0.05, 0) is 55.5 Å². The van der Waals surface area contributed by atoms with E-state index in [0.717, 1.165) is 0 Å². The molecule has 138 valence electrons. The number of hydrogen-bond donors (Lipinski definition) is 2. The summed E-state index contributed by atoms with van der Waals surface area (Å²) >= 11 is 5.85. The molecule has 0 saturated heterocycles. The third kappa shape index (κ3) is 5.47. The van der Waals surface area contributed by atoms with Crippen molar-refractivity contribution >= 4 is 34.9 Å². The number of ether oxygens (including phenoxy) is 1. The van der Waals surface area contributed by atoms with Gasteiger partial charge >= 0.3 is 6.03 Å². The van der Waals surface area contributed by atoms with Gasteiger partial charge in [0.1, 0.15) is 0 Å². The Morgan fingerprint density at radius 1 is 1.12 bits per heavy atom. The van der Waals surface area contributed by atoms with Gasteiger partial charge in [-0.15, -0.1) is 0 Å². The molecule has 0 aliphatic heterocycles.